The summed E-state index contributed by atoms with van der Waals surface area (Å²) in [6, 6.07) is 0. The second kappa shape index (κ2) is 6.77. The highest BCUT2D eigenvalue weighted by Crippen LogP contribution is 2.61. The van der Waals surface area contributed by atoms with E-state index in [1.807, 2.05) is 6.92 Å². The van der Waals surface area contributed by atoms with E-state index in [1.54, 1.807) is 6.92 Å². The van der Waals surface area contributed by atoms with Crippen LogP contribution in [0, 0.1) is 22.7 Å². The van der Waals surface area contributed by atoms with E-state index in [9.17, 15) is 19.5 Å². The van der Waals surface area contributed by atoms with Crippen molar-refractivity contribution in [2.45, 2.75) is 59.8 Å². The van der Waals surface area contributed by atoms with Crippen LogP contribution in [0.15, 0.2) is 23.3 Å². The number of carbonyl (C=O) groups is 3. The van der Waals surface area contributed by atoms with Crippen LogP contribution in [0.2, 0.25) is 0 Å². The minimum atomic E-state index is -1.00. The lowest BCUT2D eigenvalue weighted by atomic mass is 9.46. The summed E-state index contributed by atoms with van der Waals surface area (Å²) in [6.45, 7) is 8.10. The number of rotatable bonds is 5. The summed E-state index contributed by atoms with van der Waals surface area (Å²) in [5, 5.41) is 18.5. The number of carbonyl (C=O) groups excluding carboxylic acids is 1. The average Bonchev–Trinajstić information content (AvgIpc) is 2.50. The molecule has 25 heavy (non-hydrogen) atoms. The topological polar surface area (TPSA) is 91.7 Å². The van der Waals surface area contributed by atoms with Gasteiger partial charge in [0.25, 0.3) is 0 Å². The number of hydrogen-bond acceptors (Lipinski definition) is 3. The Hall–Kier alpha value is -1.91. The molecule has 1 saturated carbocycles. The minimum absolute atomic E-state index is 0.0371. The van der Waals surface area contributed by atoms with Crippen LogP contribution in [0.1, 0.15) is 59.8 Å². The summed E-state index contributed by atoms with van der Waals surface area (Å²) < 4.78 is 0. The van der Waals surface area contributed by atoms with Gasteiger partial charge in [-0.3, -0.25) is 4.79 Å². The maximum absolute atomic E-state index is 12.2. The van der Waals surface area contributed by atoms with E-state index in [0.717, 1.165) is 24.8 Å². The van der Waals surface area contributed by atoms with Gasteiger partial charge in [0.1, 0.15) is 0 Å². The standard InChI is InChI=1S/C20H28O5/c1-12(9-17(22)23)5-7-19(3)13(2)6-8-20(4)15(18(24)25)10-14(21)11-16(19)20/h9-10,13,16H,5-8,11H2,1-4H3,(H,22,23)(H,24,25). The molecule has 0 spiro atoms. The fourth-order valence-electron chi connectivity index (χ4n) is 4.93. The number of carboxylic acids is 2. The first-order valence-electron chi connectivity index (χ1n) is 8.89. The Morgan fingerprint density at radius 2 is 1.96 bits per heavy atom. The molecule has 0 amide bonds. The van der Waals surface area contributed by atoms with E-state index in [1.165, 1.54) is 12.2 Å². The van der Waals surface area contributed by atoms with Crippen LogP contribution in [0.25, 0.3) is 0 Å². The first-order chi connectivity index (χ1) is 11.5. The SMILES string of the molecule is CC(=CC(=O)O)CCC1(C)C(C)CCC2(C)C(C(=O)O)=CC(=O)CC21. The predicted octanol–water partition coefficient (Wildman–Crippen LogP) is 3.84. The Balaban J connectivity index is 2.37. The smallest absolute Gasteiger partial charge is 0.332 e. The van der Waals surface area contributed by atoms with Crippen LogP contribution in [-0.2, 0) is 14.4 Å². The van der Waals surface area contributed by atoms with Gasteiger partial charge in [-0.1, -0.05) is 26.3 Å². The highest BCUT2D eigenvalue weighted by atomic mass is 16.4. The van der Waals surface area contributed by atoms with E-state index in [-0.39, 0.29) is 22.7 Å². The van der Waals surface area contributed by atoms with Crippen LogP contribution in [0.3, 0.4) is 0 Å². The summed E-state index contributed by atoms with van der Waals surface area (Å²) in [4.78, 5) is 34.8. The van der Waals surface area contributed by atoms with Crippen molar-refractivity contribution in [2.75, 3.05) is 0 Å². The predicted molar refractivity (Wildman–Crippen MR) is 94.1 cm³/mol. The third kappa shape index (κ3) is 3.55. The van der Waals surface area contributed by atoms with E-state index >= 15 is 0 Å². The molecular formula is C20H28O5. The molecule has 0 aromatic rings. The van der Waals surface area contributed by atoms with Crippen molar-refractivity contribution in [1.82, 2.24) is 0 Å². The summed E-state index contributed by atoms with van der Waals surface area (Å²) in [7, 11) is 0. The van der Waals surface area contributed by atoms with Crippen molar-refractivity contribution in [3.05, 3.63) is 23.3 Å². The molecule has 0 aromatic carbocycles. The molecule has 4 unspecified atom stereocenters. The molecule has 2 aliphatic carbocycles. The van der Waals surface area contributed by atoms with Crippen LogP contribution < -0.4 is 0 Å². The number of fused-ring (bicyclic) bond motifs is 1. The Morgan fingerprint density at radius 3 is 2.52 bits per heavy atom. The highest BCUT2D eigenvalue weighted by Gasteiger charge is 2.56. The van der Waals surface area contributed by atoms with Crippen molar-refractivity contribution in [3.8, 4) is 0 Å². The normalized spacial score (nSPS) is 35.8. The highest BCUT2D eigenvalue weighted by molar-refractivity contribution is 6.01. The van der Waals surface area contributed by atoms with Crippen molar-refractivity contribution in [2.24, 2.45) is 22.7 Å². The zero-order chi connectivity index (χ0) is 19.0. The van der Waals surface area contributed by atoms with Crippen LogP contribution in [0.4, 0.5) is 0 Å². The largest absolute Gasteiger partial charge is 0.478 e. The fraction of sp³-hybridized carbons (Fsp3) is 0.650. The molecule has 4 atom stereocenters. The molecule has 5 nitrogen and oxygen atoms in total. The monoisotopic (exact) mass is 348 g/mol. The first-order valence-corrected chi connectivity index (χ1v) is 8.89. The number of ketones is 1. The molecule has 0 radical (unpaired) electrons. The van der Waals surface area contributed by atoms with Crippen LogP contribution in [-0.4, -0.2) is 27.9 Å². The van der Waals surface area contributed by atoms with E-state index in [2.05, 4.69) is 13.8 Å². The summed E-state index contributed by atoms with van der Waals surface area (Å²) in [6.07, 6.45) is 5.99. The van der Waals surface area contributed by atoms with Crippen molar-refractivity contribution in [3.63, 3.8) is 0 Å². The molecule has 5 heteroatoms. The quantitative estimate of drug-likeness (QED) is 0.737. The minimum Gasteiger partial charge on any atom is -0.478 e. The van der Waals surface area contributed by atoms with Crippen molar-refractivity contribution >= 4 is 17.7 Å². The molecule has 0 bridgehead atoms. The van der Waals surface area contributed by atoms with Crippen molar-refractivity contribution < 1.29 is 24.6 Å². The molecule has 0 heterocycles. The zero-order valence-corrected chi connectivity index (χ0v) is 15.5. The van der Waals surface area contributed by atoms with Gasteiger partial charge in [-0.15, -0.1) is 0 Å². The Kier molecular flexibility index (Phi) is 5.26. The van der Waals surface area contributed by atoms with E-state index in [0.29, 0.717) is 18.8 Å². The second-order valence-corrected chi connectivity index (χ2v) is 8.28. The van der Waals surface area contributed by atoms with Gasteiger partial charge in [0.05, 0.1) is 0 Å². The number of hydrogen-bond donors (Lipinski definition) is 2. The van der Waals surface area contributed by atoms with Gasteiger partial charge >= 0.3 is 11.9 Å². The number of aliphatic carboxylic acids is 2. The molecule has 0 aromatic heterocycles. The maximum atomic E-state index is 12.2. The van der Waals surface area contributed by atoms with E-state index in [4.69, 9.17) is 5.11 Å². The average molecular weight is 348 g/mol. The molecular weight excluding hydrogens is 320 g/mol. The van der Waals surface area contributed by atoms with Gasteiger partial charge in [0, 0.05) is 23.5 Å². The van der Waals surface area contributed by atoms with Crippen LogP contribution in [0.5, 0.6) is 0 Å². The molecule has 0 saturated heterocycles. The lowest BCUT2D eigenvalue weighted by Gasteiger charge is -2.57. The molecule has 2 aliphatic rings. The maximum Gasteiger partial charge on any atom is 0.332 e. The summed E-state index contributed by atoms with van der Waals surface area (Å²) in [5.41, 5.74) is 0.324. The molecule has 2 N–H and O–H groups in total. The van der Waals surface area contributed by atoms with Gasteiger partial charge < -0.3 is 10.2 Å². The lowest BCUT2D eigenvalue weighted by molar-refractivity contribution is -0.140. The molecule has 0 aliphatic heterocycles. The Labute approximate surface area is 148 Å². The van der Waals surface area contributed by atoms with Crippen LogP contribution >= 0.6 is 0 Å². The third-order valence-electron chi connectivity index (χ3n) is 6.77. The van der Waals surface area contributed by atoms with Crippen molar-refractivity contribution in [1.29, 1.82) is 0 Å². The van der Waals surface area contributed by atoms with Gasteiger partial charge in [0.15, 0.2) is 5.78 Å². The van der Waals surface area contributed by atoms with E-state index < -0.39 is 17.4 Å². The van der Waals surface area contributed by atoms with Gasteiger partial charge in [0.2, 0.25) is 0 Å². The number of carboxylic acid groups (broad SMARTS) is 2. The second-order valence-electron chi connectivity index (χ2n) is 8.28. The first kappa shape index (κ1) is 19.4. The lowest BCUT2D eigenvalue weighted by Crippen LogP contribution is -2.52. The molecule has 1 fully saturated rings. The Morgan fingerprint density at radius 1 is 1.32 bits per heavy atom. The molecule has 138 valence electrons. The van der Waals surface area contributed by atoms with Gasteiger partial charge in [-0.25, -0.2) is 9.59 Å². The summed E-state index contributed by atoms with van der Waals surface area (Å²) >= 11 is 0. The number of allylic oxidation sites excluding steroid dienone is 2. The fourth-order valence-corrected chi connectivity index (χ4v) is 4.93. The third-order valence-corrected chi connectivity index (χ3v) is 6.77. The van der Waals surface area contributed by atoms with Gasteiger partial charge in [-0.05, 0) is 55.9 Å². The molecule has 2 rings (SSSR count). The Bertz CT molecular complexity index is 659. The zero-order valence-electron chi connectivity index (χ0n) is 15.5. The summed E-state index contributed by atoms with van der Waals surface area (Å²) in [5.74, 6) is -1.75. The van der Waals surface area contributed by atoms with Gasteiger partial charge in [-0.2, -0.15) is 0 Å².